The smallest absolute Gasteiger partial charge is 0.264 e. The van der Waals surface area contributed by atoms with Crippen molar-refractivity contribution in [3.8, 4) is 11.5 Å². The lowest BCUT2D eigenvalue weighted by Gasteiger charge is -2.19. The summed E-state index contributed by atoms with van der Waals surface area (Å²) in [7, 11) is -2.11. The van der Waals surface area contributed by atoms with Crippen LogP contribution in [0.25, 0.3) is 0 Å². The highest BCUT2D eigenvalue weighted by molar-refractivity contribution is 7.92. The van der Waals surface area contributed by atoms with E-state index in [1.54, 1.807) is 66.7 Å². The Morgan fingerprint density at radius 2 is 1.29 bits per heavy atom. The summed E-state index contributed by atoms with van der Waals surface area (Å²) in [5.41, 5.74) is 0.527. The van der Waals surface area contributed by atoms with Crippen molar-refractivity contribution in [1.29, 1.82) is 0 Å². The van der Waals surface area contributed by atoms with Crippen LogP contribution in [0, 0.1) is 5.82 Å². The first-order valence-corrected chi connectivity index (χ1v) is 10.1. The Balaban J connectivity index is 1.55. The number of sulfonamides is 1. The Morgan fingerprint density at radius 3 is 1.82 bits per heavy atom. The molecule has 0 aliphatic rings. The molecule has 0 fully saturated rings. The summed E-state index contributed by atoms with van der Waals surface area (Å²) < 4.78 is 50.4. The summed E-state index contributed by atoms with van der Waals surface area (Å²) in [6.45, 7) is 0.602. The lowest BCUT2D eigenvalue weighted by atomic mass is 10.3. The zero-order valence-electron chi connectivity index (χ0n) is 15.3. The van der Waals surface area contributed by atoms with Crippen molar-refractivity contribution < 1.29 is 22.3 Å². The number of rotatable bonds is 8. The minimum absolute atomic E-state index is 0.232. The third-order valence-electron chi connectivity index (χ3n) is 4.04. The van der Waals surface area contributed by atoms with E-state index in [0.717, 1.165) is 0 Å². The van der Waals surface area contributed by atoms with E-state index in [2.05, 4.69) is 0 Å². The van der Waals surface area contributed by atoms with Crippen LogP contribution in [0.2, 0.25) is 0 Å². The van der Waals surface area contributed by atoms with Crippen LogP contribution in [0.1, 0.15) is 0 Å². The van der Waals surface area contributed by atoms with E-state index in [1.807, 2.05) is 0 Å². The third kappa shape index (κ3) is 4.80. The van der Waals surface area contributed by atoms with E-state index in [1.165, 1.54) is 23.5 Å². The third-order valence-corrected chi connectivity index (χ3v) is 5.84. The van der Waals surface area contributed by atoms with Gasteiger partial charge < -0.3 is 9.47 Å². The average molecular weight is 401 g/mol. The predicted octanol–water partition coefficient (Wildman–Crippen LogP) is 4.11. The molecule has 0 saturated carbocycles. The summed E-state index contributed by atoms with van der Waals surface area (Å²) in [5, 5.41) is 0. The molecule has 0 unspecified atom stereocenters. The van der Waals surface area contributed by atoms with Gasteiger partial charge in [-0.15, -0.1) is 0 Å². The van der Waals surface area contributed by atoms with Crippen LogP contribution in [0.3, 0.4) is 0 Å². The normalized spacial score (nSPS) is 11.1. The van der Waals surface area contributed by atoms with E-state index in [-0.39, 0.29) is 10.7 Å². The van der Waals surface area contributed by atoms with Crippen molar-refractivity contribution in [3.63, 3.8) is 0 Å². The van der Waals surface area contributed by atoms with Crippen LogP contribution in [0.15, 0.2) is 83.8 Å². The lowest BCUT2D eigenvalue weighted by molar-refractivity contribution is 0.217. The van der Waals surface area contributed by atoms with Crippen LogP contribution >= 0.6 is 0 Å². The summed E-state index contributed by atoms with van der Waals surface area (Å²) >= 11 is 0. The van der Waals surface area contributed by atoms with Crippen molar-refractivity contribution in [2.75, 3.05) is 24.6 Å². The Labute approximate surface area is 164 Å². The first-order chi connectivity index (χ1) is 13.5. The van der Waals surface area contributed by atoms with Crippen molar-refractivity contribution in [2.24, 2.45) is 0 Å². The quantitative estimate of drug-likeness (QED) is 0.533. The SMILES string of the molecule is CN(c1ccc(OCCOc2ccc(F)cc2)cc1)S(=O)(=O)c1ccccc1. The number of nitrogens with zero attached hydrogens (tertiary/aromatic N) is 1. The predicted molar refractivity (Wildman–Crippen MR) is 106 cm³/mol. The Bertz CT molecular complexity index is 991. The van der Waals surface area contributed by atoms with Gasteiger partial charge in [0.25, 0.3) is 10.0 Å². The fraction of sp³-hybridized carbons (Fsp3) is 0.143. The van der Waals surface area contributed by atoms with Crippen LogP contribution in [0.4, 0.5) is 10.1 Å². The molecule has 0 aliphatic carbocycles. The summed E-state index contributed by atoms with van der Waals surface area (Å²) in [6, 6.07) is 20.8. The average Bonchev–Trinajstić information content (AvgIpc) is 2.73. The van der Waals surface area contributed by atoms with Gasteiger partial charge in [-0.2, -0.15) is 0 Å². The molecule has 7 heteroatoms. The van der Waals surface area contributed by atoms with E-state index in [4.69, 9.17) is 9.47 Å². The number of benzene rings is 3. The van der Waals surface area contributed by atoms with Gasteiger partial charge in [-0.1, -0.05) is 18.2 Å². The van der Waals surface area contributed by atoms with Gasteiger partial charge in [-0.25, -0.2) is 12.8 Å². The molecule has 0 heterocycles. The second-order valence-electron chi connectivity index (χ2n) is 5.93. The fourth-order valence-corrected chi connectivity index (χ4v) is 3.71. The topological polar surface area (TPSA) is 55.8 Å². The van der Waals surface area contributed by atoms with Crippen molar-refractivity contribution in [1.82, 2.24) is 0 Å². The Hall–Kier alpha value is -3.06. The molecule has 0 aromatic heterocycles. The molecule has 3 rings (SSSR count). The molecule has 0 bridgehead atoms. The van der Waals surface area contributed by atoms with Crippen LogP contribution < -0.4 is 13.8 Å². The molecule has 0 N–H and O–H groups in total. The van der Waals surface area contributed by atoms with Crippen LogP contribution in [0.5, 0.6) is 11.5 Å². The van der Waals surface area contributed by atoms with Gasteiger partial charge in [0.15, 0.2) is 0 Å². The summed E-state index contributed by atoms with van der Waals surface area (Å²) in [4.78, 5) is 0.232. The molecule has 0 saturated heterocycles. The van der Waals surface area contributed by atoms with Gasteiger partial charge in [0.2, 0.25) is 0 Å². The molecule has 0 spiro atoms. The molecule has 3 aromatic carbocycles. The number of anilines is 1. The maximum absolute atomic E-state index is 12.8. The first-order valence-electron chi connectivity index (χ1n) is 8.62. The van der Waals surface area contributed by atoms with Crippen LogP contribution in [-0.2, 0) is 10.0 Å². The van der Waals surface area contributed by atoms with Crippen LogP contribution in [-0.4, -0.2) is 28.7 Å². The molecule has 5 nitrogen and oxygen atoms in total. The maximum Gasteiger partial charge on any atom is 0.264 e. The van der Waals surface area contributed by atoms with Gasteiger partial charge in [0, 0.05) is 7.05 Å². The van der Waals surface area contributed by atoms with Crippen molar-refractivity contribution in [3.05, 3.63) is 84.7 Å². The Kier molecular flexibility index (Phi) is 6.16. The van der Waals surface area contributed by atoms with E-state index < -0.39 is 10.0 Å². The molecular formula is C21H20FNO4S. The summed E-state index contributed by atoms with van der Waals surface area (Å²) in [5.74, 6) is 0.841. The Morgan fingerprint density at radius 1 is 0.786 bits per heavy atom. The van der Waals surface area contributed by atoms with Crippen molar-refractivity contribution in [2.45, 2.75) is 4.90 Å². The zero-order valence-corrected chi connectivity index (χ0v) is 16.1. The lowest BCUT2D eigenvalue weighted by Crippen LogP contribution is -2.26. The fourth-order valence-electron chi connectivity index (χ4n) is 2.49. The molecular weight excluding hydrogens is 381 g/mol. The van der Waals surface area contributed by atoms with Crippen molar-refractivity contribution >= 4 is 15.7 Å². The molecule has 28 heavy (non-hydrogen) atoms. The minimum atomic E-state index is -3.61. The molecule has 0 amide bonds. The standard InChI is InChI=1S/C21H20FNO4S/c1-23(28(24,25)21-5-3-2-4-6-21)18-9-13-20(14-10-18)27-16-15-26-19-11-7-17(22)8-12-19/h2-14H,15-16H2,1H3. The first kappa shape index (κ1) is 19.7. The highest BCUT2D eigenvalue weighted by Crippen LogP contribution is 2.24. The second-order valence-corrected chi connectivity index (χ2v) is 7.90. The van der Waals surface area contributed by atoms with Gasteiger partial charge in [0.05, 0.1) is 10.6 Å². The zero-order chi connectivity index (χ0) is 20.0. The second kappa shape index (κ2) is 8.75. The van der Waals surface area contributed by atoms with Gasteiger partial charge in [-0.3, -0.25) is 4.31 Å². The monoisotopic (exact) mass is 401 g/mol. The number of ether oxygens (including phenoxy) is 2. The largest absolute Gasteiger partial charge is 0.490 e. The molecule has 0 radical (unpaired) electrons. The number of hydrogen-bond donors (Lipinski definition) is 0. The molecule has 0 atom stereocenters. The highest BCUT2D eigenvalue weighted by atomic mass is 32.2. The molecule has 0 aliphatic heterocycles. The van der Waals surface area contributed by atoms with E-state index >= 15 is 0 Å². The summed E-state index contributed by atoms with van der Waals surface area (Å²) in [6.07, 6.45) is 0. The van der Waals surface area contributed by atoms with Gasteiger partial charge in [0.1, 0.15) is 30.5 Å². The minimum Gasteiger partial charge on any atom is -0.490 e. The number of hydrogen-bond acceptors (Lipinski definition) is 4. The van der Waals surface area contributed by atoms with E-state index in [0.29, 0.717) is 30.4 Å². The van der Waals surface area contributed by atoms with Gasteiger partial charge in [-0.05, 0) is 60.7 Å². The highest BCUT2D eigenvalue weighted by Gasteiger charge is 2.20. The van der Waals surface area contributed by atoms with E-state index in [9.17, 15) is 12.8 Å². The molecule has 3 aromatic rings. The molecule has 146 valence electrons. The van der Waals surface area contributed by atoms with Gasteiger partial charge >= 0.3 is 0 Å². The number of halogens is 1. The maximum atomic E-state index is 12.8.